The molecule has 0 spiro atoms. The van der Waals surface area contributed by atoms with Crippen LogP contribution in [0, 0.1) is 6.92 Å². The van der Waals surface area contributed by atoms with Gasteiger partial charge in [0.2, 0.25) is 0 Å². The molecule has 1 fully saturated rings. The van der Waals surface area contributed by atoms with Crippen molar-refractivity contribution in [2.45, 2.75) is 30.7 Å². The van der Waals surface area contributed by atoms with E-state index in [4.69, 9.17) is 4.74 Å². The number of nitrogens with zero attached hydrogens (tertiary/aromatic N) is 2. The van der Waals surface area contributed by atoms with Crippen molar-refractivity contribution in [3.05, 3.63) is 36.0 Å². The van der Waals surface area contributed by atoms with Gasteiger partial charge in [-0.15, -0.1) is 0 Å². The highest BCUT2D eigenvalue weighted by atomic mass is 32.2. The Bertz CT molecular complexity index is 674. The maximum atomic E-state index is 12.5. The molecule has 2 rings (SSSR count). The van der Waals surface area contributed by atoms with Gasteiger partial charge in [0.15, 0.2) is 18.5 Å². The molecule has 6 heteroatoms. The van der Waals surface area contributed by atoms with E-state index >= 15 is 0 Å². The number of rotatable bonds is 5. The van der Waals surface area contributed by atoms with Crippen molar-refractivity contribution in [2.24, 2.45) is 0 Å². The molecule has 1 atom stereocenters. The number of ether oxygens (including phenoxy) is 1. The zero-order valence-electron chi connectivity index (χ0n) is 13.3. The van der Waals surface area contributed by atoms with Crippen LogP contribution in [-0.4, -0.2) is 56.5 Å². The van der Waals surface area contributed by atoms with Crippen molar-refractivity contribution in [3.8, 4) is 0 Å². The Morgan fingerprint density at radius 2 is 2.09 bits per heavy atom. The minimum Gasteiger partial charge on any atom is -0.378 e. The average Bonchev–Trinajstić information content (AvgIpc) is 2.93. The van der Waals surface area contributed by atoms with Crippen LogP contribution in [0.4, 0.5) is 0 Å². The molecule has 0 aliphatic carbocycles. The monoisotopic (exact) mass is 323 g/mol. The van der Waals surface area contributed by atoms with Gasteiger partial charge in [-0.2, -0.15) is 4.58 Å². The van der Waals surface area contributed by atoms with Crippen LogP contribution in [0.2, 0.25) is 0 Å². The van der Waals surface area contributed by atoms with Crippen molar-refractivity contribution in [1.29, 1.82) is 0 Å². The number of aryl methyl sites for hydroxylation is 1. The smallest absolute Gasteiger partial charge is 0.264 e. The SMILES string of the molecule is COC[C@@H]1CCC[N+]1=C=CN(C)S(=O)(=O)c1ccc(C)cc1. The summed E-state index contributed by atoms with van der Waals surface area (Å²) < 4.78 is 33.3. The first-order chi connectivity index (χ1) is 10.4. The zero-order valence-corrected chi connectivity index (χ0v) is 14.1. The van der Waals surface area contributed by atoms with E-state index < -0.39 is 10.0 Å². The second-order valence-electron chi connectivity index (χ2n) is 5.54. The van der Waals surface area contributed by atoms with Crippen molar-refractivity contribution < 1.29 is 17.7 Å². The molecule has 22 heavy (non-hydrogen) atoms. The third-order valence-electron chi connectivity index (χ3n) is 3.84. The number of methoxy groups -OCH3 is 1. The van der Waals surface area contributed by atoms with Gasteiger partial charge in [0.1, 0.15) is 12.8 Å². The number of sulfonamides is 1. The summed E-state index contributed by atoms with van der Waals surface area (Å²) in [5, 5.41) is 0. The van der Waals surface area contributed by atoms with Gasteiger partial charge in [-0.25, -0.2) is 8.42 Å². The summed E-state index contributed by atoms with van der Waals surface area (Å²) in [6, 6.07) is 7.11. The lowest BCUT2D eigenvalue weighted by molar-refractivity contribution is -0.540. The fourth-order valence-electron chi connectivity index (χ4n) is 2.47. The molecule has 5 nitrogen and oxygen atoms in total. The minimum atomic E-state index is -3.52. The van der Waals surface area contributed by atoms with Gasteiger partial charge >= 0.3 is 0 Å². The Morgan fingerprint density at radius 3 is 2.73 bits per heavy atom. The second-order valence-corrected chi connectivity index (χ2v) is 7.53. The van der Waals surface area contributed by atoms with Crippen molar-refractivity contribution in [1.82, 2.24) is 4.31 Å². The molecule has 0 unspecified atom stereocenters. The van der Waals surface area contributed by atoms with Gasteiger partial charge in [-0.3, -0.25) is 4.31 Å². The molecule has 0 saturated carbocycles. The normalized spacial score (nSPS) is 18.1. The van der Waals surface area contributed by atoms with Gasteiger partial charge in [0.25, 0.3) is 10.0 Å². The van der Waals surface area contributed by atoms with Crippen LogP contribution in [0.1, 0.15) is 18.4 Å². The predicted octanol–water partition coefficient (Wildman–Crippen LogP) is 1.62. The maximum absolute atomic E-state index is 12.5. The fourth-order valence-corrected chi connectivity index (χ4v) is 3.47. The molecule has 1 aliphatic heterocycles. The highest BCUT2D eigenvalue weighted by molar-refractivity contribution is 7.89. The van der Waals surface area contributed by atoms with Crippen LogP contribution in [0.3, 0.4) is 0 Å². The van der Waals surface area contributed by atoms with Crippen molar-refractivity contribution in [2.75, 3.05) is 27.3 Å². The lowest BCUT2D eigenvalue weighted by Crippen LogP contribution is -2.26. The van der Waals surface area contributed by atoms with E-state index in [1.54, 1.807) is 31.4 Å². The van der Waals surface area contributed by atoms with Crippen LogP contribution in [0.25, 0.3) is 0 Å². The first kappa shape index (κ1) is 16.7. The van der Waals surface area contributed by atoms with E-state index in [0.717, 1.165) is 24.9 Å². The molecule has 0 N–H and O–H groups in total. The summed E-state index contributed by atoms with van der Waals surface area (Å²) in [7, 11) is -0.314. The molecule has 1 saturated heterocycles. The standard InChI is InChI=1S/C16H23N2O3S/c1-14-6-8-16(9-7-14)22(19,20)17(2)11-12-18-10-4-5-15(18)13-21-3/h6-9,11,15H,4-5,10,13H2,1-3H3/q+1/t15-/m0/s1. The van der Waals surface area contributed by atoms with E-state index in [1.165, 1.54) is 17.6 Å². The molecule has 1 aromatic carbocycles. The topological polar surface area (TPSA) is 49.6 Å². The van der Waals surface area contributed by atoms with Gasteiger partial charge < -0.3 is 4.74 Å². The molecule has 0 amide bonds. The van der Waals surface area contributed by atoms with Crippen molar-refractivity contribution >= 4 is 15.9 Å². The van der Waals surface area contributed by atoms with Crippen LogP contribution in [0.15, 0.2) is 35.4 Å². The highest BCUT2D eigenvalue weighted by Gasteiger charge is 2.27. The third kappa shape index (κ3) is 3.77. The summed E-state index contributed by atoms with van der Waals surface area (Å²) in [4.78, 5) is 0.286. The summed E-state index contributed by atoms with van der Waals surface area (Å²) >= 11 is 0. The zero-order chi connectivity index (χ0) is 16.2. The van der Waals surface area contributed by atoms with Gasteiger partial charge in [-0.1, -0.05) is 17.7 Å². The molecule has 0 radical (unpaired) electrons. The molecule has 1 aromatic rings. The van der Waals surface area contributed by atoms with E-state index in [-0.39, 0.29) is 10.9 Å². The van der Waals surface area contributed by atoms with E-state index in [2.05, 4.69) is 5.87 Å². The Labute approximate surface area is 132 Å². The Morgan fingerprint density at radius 1 is 1.41 bits per heavy atom. The lowest BCUT2D eigenvalue weighted by atomic mass is 10.2. The largest absolute Gasteiger partial charge is 0.378 e. The number of benzene rings is 1. The summed E-state index contributed by atoms with van der Waals surface area (Å²) in [6.45, 7) is 3.44. The fraction of sp³-hybridized carbons (Fsp3) is 0.500. The highest BCUT2D eigenvalue weighted by Crippen LogP contribution is 2.15. The first-order valence-electron chi connectivity index (χ1n) is 7.35. The van der Waals surface area contributed by atoms with E-state index in [9.17, 15) is 8.42 Å². The summed E-state index contributed by atoms with van der Waals surface area (Å²) in [6.07, 6.45) is 3.61. The second kappa shape index (κ2) is 7.09. The average molecular weight is 323 g/mol. The van der Waals surface area contributed by atoms with Crippen molar-refractivity contribution in [3.63, 3.8) is 0 Å². The number of hydrogen-bond acceptors (Lipinski definition) is 3. The Balaban J connectivity index is 2.22. The molecule has 1 aliphatic rings. The number of hydrogen-bond donors (Lipinski definition) is 0. The quantitative estimate of drug-likeness (QED) is 0.774. The Kier molecular flexibility index (Phi) is 5.40. The molecule has 0 bridgehead atoms. The van der Waals surface area contributed by atoms with Crippen LogP contribution in [-0.2, 0) is 14.8 Å². The maximum Gasteiger partial charge on any atom is 0.264 e. The molecular formula is C16H23N2O3S+. The summed E-state index contributed by atoms with van der Waals surface area (Å²) in [5.41, 5.74) is 1.03. The first-order valence-corrected chi connectivity index (χ1v) is 8.79. The lowest BCUT2D eigenvalue weighted by Gasteiger charge is -2.13. The van der Waals surface area contributed by atoms with Gasteiger partial charge in [-0.05, 0) is 19.1 Å². The molecule has 120 valence electrons. The molecular weight excluding hydrogens is 300 g/mol. The van der Waals surface area contributed by atoms with Crippen LogP contribution >= 0.6 is 0 Å². The van der Waals surface area contributed by atoms with Crippen LogP contribution < -0.4 is 0 Å². The van der Waals surface area contributed by atoms with E-state index in [0.29, 0.717) is 6.61 Å². The molecule has 1 heterocycles. The van der Waals surface area contributed by atoms with Gasteiger partial charge in [0.05, 0.1) is 4.90 Å². The van der Waals surface area contributed by atoms with E-state index in [1.807, 2.05) is 11.5 Å². The molecule has 0 aromatic heterocycles. The van der Waals surface area contributed by atoms with Crippen LogP contribution in [0.5, 0.6) is 0 Å². The minimum absolute atomic E-state index is 0.275. The Hall–Kier alpha value is -1.62. The van der Waals surface area contributed by atoms with Gasteiger partial charge in [0, 0.05) is 27.0 Å². The third-order valence-corrected chi connectivity index (χ3v) is 5.57. The predicted molar refractivity (Wildman–Crippen MR) is 85.7 cm³/mol. The summed E-state index contributed by atoms with van der Waals surface area (Å²) in [5.74, 6) is 3.08.